The summed E-state index contributed by atoms with van der Waals surface area (Å²) in [7, 11) is 1.31. The molecule has 2 aromatic rings. The number of aliphatic hydroxyl groups is 3. The Kier molecular flexibility index (Phi) is 7.41. The van der Waals surface area contributed by atoms with Crippen molar-refractivity contribution in [2.75, 3.05) is 13.7 Å². The highest BCUT2D eigenvalue weighted by Crippen LogP contribution is 2.26. The Balaban J connectivity index is 1.67. The maximum atomic E-state index is 12.7. The first kappa shape index (κ1) is 22.2. The molecule has 1 heterocycles. The van der Waals surface area contributed by atoms with Crippen molar-refractivity contribution in [2.24, 2.45) is 0 Å². The monoisotopic (exact) mass is 418 g/mol. The first-order valence-corrected chi connectivity index (χ1v) is 9.58. The van der Waals surface area contributed by atoms with Crippen molar-refractivity contribution in [1.82, 2.24) is 0 Å². The zero-order chi connectivity index (χ0) is 21.7. The third-order valence-electron chi connectivity index (χ3n) is 4.97. The van der Waals surface area contributed by atoms with Gasteiger partial charge in [-0.3, -0.25) is 0 Å². The molecule has 0 spiro atoms. The summed E-state index contributed by atoms with van der Waals surface area (Å²) in [5, 5.41) is 29.6. The fourth-order valence-corrected chi connectivity index (χ4v) is 3.25. The van der Waals surface area contributed by atoms with Gasteiger partial charge in [0.15, 0.2) is 12.4 Å². The van der Waals surface area contributed by atoms with E-state index in [-0.39, 0.29) is 5.56 Å². The summed E-state index contributed by atoms with van der Waals surface area (Å²) in [5.74, 6) is -0.101. The summed E-state index contributed by atoms with van der Waals surface area (Å²) in [6, 6.07) is 14.7. The van der Waals surface area contributed by atoms with Crippen LogP contribution in [0.2, 0.25) is 0 Å². The highest BCUT2D eigenvalue weighted by atomic mass is 16.7. The molecule has 0 saturated carbocycles. The number of methoxy groups -OCH3 is 1. The number of ether oxygens (including phenoxy) is 4. The summed E-state index contributed by atoms with van der Waals surface area (Å²) in [4.78, 5) is 12.7. The number of esters is 1. The zero-order valence-corrected chi connectivity index (χ0v) is 16.8. The molecule has 0 bridgehead atoms. The molecule has 8 nitrogen and oxygen atoms in total. The lowest BCUT2D eigenvalue weighted by atomic mass is 9.99. The van der Waals surface area contributed by atoms with Crippen LogP contribution < -0.4 is 4.74 Å². The number of benzene rings is 2. The zero-order valence-electron chi connectivity index (χ0n) is 16.8. The lowest BCUT2D eigenvalue weighted by Crippen LogP contribution is -2.60. The van der Waals surface area contributed by atoms with E-state index in [1.807, 2.05) is 30.3 Å². The average Bonchev–Trinajstić information content (AvgIpc) is 2.76. The number of carbonyl (C=O) groups excluding carboxylic acids is 1. The van der Waals surface area contributed by atoms with Crippen molar-refractivity contribution in [3.8, 4) is 5.75 Å². The Hall–Kier alpha value is -2.49. The third-order valence-corrected chi connectivity index (χ3v) is 4.97. The van der Waals surface area contributed by atoms with Crippen molar-refractivity contribution < 1.29 is 39.1 Å². The second-order valence-electron chi connectivity index (χ2n) is 7.06. The molecule has 1 saturated heterocycles. The second kappa shape index (κ2) is 10.0. The molecule has 1 fully saturated rings. The van der Waals surface area contributed by atoms with Gasteiger partial charge in [-0.1, -0.05) is 30.3 Å². The minimum atomic E-state index is -1.47. The second-order valence-corrected chi connectivity index (χ2v) is 7.06. The number of rotatable bonds is 7. The van der Waals surface area contributed by atoms with E-state index in [0.717, 1.165) is 5.56 Å². The van der Waals surface area contributed by atoms with Crippen LogP contribution in [-0.4, -0.2) is 65.7 Å². The van der Waals surface area contributed by atoms with E-state index in [2.05, 4.69) is 0 Å². The van der Waals surface area contributed by atoms with Crippen LogP contribution >= 0.6 is 0 Å². The first-order valence-electron chi connectivity index (χ1n) is 9.58. The number of hydrogen-bond donors (Lipinski definition) is 3. The van der Waals surface area contributed by atoms with Crippen LogP contribution in [0.4, 0.5) is 0 Å². The van der Waals surface area contributed by atoms with Gasteiger partial charge in [-0.25, -0.2) is 4.79 Å². The Labute approximate surface area is 174 Å². The molecule has 3 rings (SSSR count). The van der Waals surface area contributed by atoms with Gasteiger partial charge in [0, 0.05) is 7.11 Å². The van der Waals surface area contributed by atoms with E-state index in [0.29, 0.717) is 17.9 Å². The minimum absolute atomic E-state index is 0.280. The van der Waals surface area contributed by atoms with Gasteiger partial charge in [-0.05, 0) is 36.2 Å². The van der Waals surface area contributed by atoms with Crippen LogP contribution in [0.3, 0.4) is 0 Å². The van der Waals surface area contributed by atoms with E-state index in [1.165, 1.54) is 7.11 Å². The molecule has 2 aromatic carbocycles. The molecule has 5 atom stereocenters. The van der Waals surface area contributed by atoms with Crippen molar-refractivity contribution in [1.29, 1.82) is 0 Å². The Bertz CT molecular complexity index is 838. The Morgan fingerprint density at radius 3 is 2.47 bits per heavy atom. The van der Waals surface area contributed by atoms with Gasteiger partial charge in [0.1, 0.15) is 30.7 Å². The summed E-state index contributed by atoms with van der Waals surface area (Å²) in [6.45, 7) is 1.63. The fourth-order valence-electron chi connectivity index (χ4n) is 3.25. The lowest BCUT2D eigenvalue weighted by molar-refractivity contribution is -0.293. The number of aliphatic hydroxyl groups excluding tert-OH is 3. The molecule has 0 aromatic heterocycles. The quantitative estimate of drug-likeness (QED) is 0.575. The molecule has 0 radical (unpaired) electrons. The van der Waals surface area contributed by atoms with E-state index >= 15 is 0 Å². The van der Waals surface area contributed by atoms with Crippen molar-refractivity contribution in [3.05, 3.63) is 65.2 Å². The minimum Gasteiger partial charge on any atom is -0.489 e. The maximum absolute atomic E-state index is 12.7. The molecule has 1 aliphatic rings. The normalized spacial score (nSPS) is 26.2. The Morgan fingerprint density at radius 1 is 1.10 bits per heavy atom. The van der Waals surface area contributed by atoms with Crippen LogP contribution in [0, 0.1) is 6.92 Å². The topological polar surface area (TPSA) is 115 Å². The fraction of sp³-hybridized carbons (Fsp3) is 0.409. The number of hydrogen-bond acceptors (Lipinski definition) is 8. The smallest absolute Gasteiger partial charge is 0.338 e. The molecule has 0 unspecified atom stereocenters. The molecular weight excluding hydrogens is 392 g/mol. The summed E-state index contributed by atoms with van der Waals surface area (Å²) < 4.78 is 21.6. The highest BCUT2D eigenvalue weighted by Gasteiger charge is 2.47. The molecule has 0 aliphatic carbocycles. The highest BCUT2D eigenvalue weighted by molar-refractivity contribution is 5.91. The van der Waals surface area contributed by atoms with E-state index in [9.17, 15) is 20.1 Å². The van der Waals surface area contributed by atoms with E-state index < -0.39 is 43.3 Å². The van der Waals surface area contributed by atoms with E-state index in [1.54, 1.807) is 25.1 Å². The lowest BCUT2D eigenvalue weighted by Gasteiger charge is -2.40. The van der Waals surface area contributed by atoms with Crippen molar-refractivity contribution in [3.63, 3.8) is 0 Å². The van der Waals surface area contributed by atoms with Crippen molar-refractivity contribution in [2.45, 2.75) is 44.2 Å². The molecule has 0 amide bonds. The van der Waals surface area contributed by atoms with Gasteiger partial charge in [-0.15, -0.1) is 0 Å². The third kappa shape index (κ3) is 4.97. The summed E-state index contributed by atoms with van der Waals surface area (Å²) in [6.07, 6.45) is -6.32. The Morgan fingerprint density at radius 2 is 1.83 bits per heavy atom. The largest absolute Gasteiger partial charge is 0.489 e. The van der Waals surface area contributed by atoms with Crippen LogP contribution in [0.15, 0.2) is 48.5 Å². The van der Waals surface area contributed by atoms with Gasteiger partial charge < -0.3 is 34.3 Å². The molecule has 8 heteroatoms. The molecule has 3 N–H and O–H groups in total. The van der Waals surface area contributed by atoms with Gasteiger partial charge >= 0.3 is 5.97 Å². The molecule has 162 valence electrons. The van der Waals surface area contributed by atoms with Crippen LogP contribution in [0.5, 0.6) is 5.75 Å². The van der Waals surface area contributed by atoms with Gasteiger partial charge in [0.05, 0.1) is 12.2 Å². The molecular formula is C22H26O8. The molecule has 30 heavy (non-hydrogen) atoms. The predicted molar refractivity (Wildman–Crippen MR) is 106 cm³/mol. The molecule has 1 aliphatic heterocycles. The summed E-state index contributed by atoms with van der Waals surface area (Å²) in [5.41, 5.74) is 1.93. The number of carbonyl (C=O) groups is 1. The maximum Gasteiger partial charge on any atom is 0.338 e. The van der Waals surface area contributed by atoms with Crippen LogP contribution in [0.25, 0.3) is 0 Å². The standard InChI is InChI=1S/C22H26O8/c1-13-10-15(28-12-14-6-4-3-5-7-14)8-9-16(13)21(26)30-20-19(25)18(24)17(11-23)29-22(20)27-2/h3-10,17-20,22-25H,11-12H2,1-2H3/t17-,18-,19+,20-,22+/m1/s1. The van der Waals surface area contributed by atoms with E-state index in [4.69, 9.17) is 18.9 Å². The van der Waals surface area contributed by atoms with Gasteiger partial charge in [-0.2, -0.15) is 0 Å². The van der Waals surface area contributed by atoms with Crippen molar-refractivity contribution >= 4 is 5.97 Å². The van der Waals surface area contributed by atoms with Crippen LogP contribution in [0.1, 0.15) is 21.5 Å². The van der Waals surface area contributed by atoms with Crippen LogP contribution in [-0.2, 0) is 20.8 Å². The SMILES string of the molecule is CO[C@H]1O[C@H](CO)[C@@H](O)[C@H](O)[C@H]1OC(=O)c1ccc(OCc2ccccc2)cc1C. The predicted octanol–water partition coefficient (Wildman–Crippen LogP) is 1.18. The number of aryl methyl sites for hydroxylation is 1. The summed E-state index contributed by atoms with van der Waals surface area (Å²) >= 11 is 0. The van der Waals surface area contributed by atoms with Gasteiger partial charge in [0.25, 0.3) is 0 Å². The van der Waals surface area contributed by atoms with Gasteiger partial charge in [0.2, 0.25) is 0 Å². The average molecular weight is 418 g/mol. The first-order chi connectivity index (χ1) is 14.4.